The molecule has 0 spiro atoms. The molecule has 0 saturated heterocycles. The lowest BCUT2D eigenvalue weighted by molar-refractivity contribution is -0.385. The van der Waals surface area contributed by atoms with Crippen LogP contribution in [-0.2, 0) is 0 Å². The summed E-state index contributed by atoms with van der Waals surface area (Å²) in [6.45, 7) is 5.67. The molecule has 1 atom stereocenters. The van der Waals surface area contributed by atoms with E-state index in [4.69, 9.17) is 4.74 Å². The van der Waals surface area contributed by atoms with E-state index in [1.165, 1.54) is 12.1 Å². The Hall–Kier alpha value is -2.89. The minimum Gasteiger partial charge on any atom is -0.497 e. The Labute approximate surface area is 147 Å². The molecule has 0 bridgehead atoms. The van der Waals surface area contributed by atoms with Gasteiger partial charge in [0.1, 0.15) is 5.75 Å². The zero-order valence-corrected chi connectivity index (χ0v) is 14.8. The third-order valence-electron chi connectivity index (χ3n) is 4.08. The van der Waals surface area contributed by atoms with Crippen LogP contribution in [0.3, 0.4) is 0 Å². The van der Waals surface area contributed by atoms with Crippen LogP contribution in [0.25, 0.3) is 0 Å². The second-order valence-electron chi connectivity index (χ2n) is 6.23. The zero-order chi connectivity index (χ0) is 18.6. The Balaban J connectivity index is 2.22. The summed E-state index contributed by atoms with van der Waals surface area (Å²) in [5.41, 5.74) is 1.85. The summed E-state index contributed by atoms with van der Waals surface area (Å²) in [4.78, 5) is 23.0. The third kappa shape index (κ3) is 4.35. The van der Waals surface area contributed by atoms with Crippen molar-refractivity contribution in [1.82, 2.24) is 5.32 Å². The molecule has 0 unspecified atom stereocenters. The van der Waals surface area contributed by atoms with Crippen LogP contribution in [0.2, 0.25) is 0 Å². The molecule has 1 amide bonds. The third-order valence-corrected chi connectivity index (χ3v) is 4.08. The molecule has 0 heterocycles. The average molecular weight is 342 g/mol. The molecule has 2 aromatic carbocycles. The molecule has 0 aromatic heterocycles. The second kappa shape index (κ2) is 7.79. The van der Waals surface area contributed by atoms with E-state index in [0.717, 1.165) is 11.3 Å². The van der Waals surface area contributed by atoms with E-state index in [2.05, 4.69) is 5.32 Å². The first-order valence-electron chi connectivity index (χ1n) is 8.03. The summed E-state index contributed by atoms with van der Waals surface area (Å²) >= 11 is 0. The van der Waals surface area contributed by atoms with Gasteiger partial charge in [0.15, 0.2) is 0 Å². The standard InChI is InChI=1S/C19H22N2O4/c1-12(2)18(14-5-8-16(25-4)9-6-14)20-19(22)15-7-10-17(21(23)24)13(3)11-15/h5-12,18H,1-4H3,(H,20,22)/t18-/m0/s1. The van der Waals surface area contributed by atoms with Gasteiger partial charge in [-0.1, -0.05) is 26.0 Å². The van der Waals surface area contributed by atoms with E-state index in [1.54, 1.807) is 20.1 Å². The monoisotopic (exact) mass is 342 g/mol. The lowest BCUT2D eigenvalue weighted by atomic mass is 9.95. The van der Waals surface area contributed by atoms with Crippen molar-refractivity contribution in [2.45, 2.75) is 26.8 Å². The largest absolute Gasteiger partial charge is 0.497 e. The molecule has 0 aliphatic heterocycles. The molecule has 132 valence electrons. The molecule has 0 radical (unpaired) electrons. The Kier molecular flexibility index (Phi) is 5.75. The van der Waals surface area contributed by atoms with Gasteiger partial charge < -0.3 is 10.1 Å². The highest BCUT2D eigenvalue weighted by molar-refractivity contribution is 5.95. The van der Waals surface area contributed by atoms with E-state index in [0.29, 0.717) is 11.1 Å². The highest BCUT2D eigenvalue weighted by Crippen LogP contribution is 2.25. The molecule has 6 heteroatoms. The second-order valence-corrected chi connectivity index (χ2v) is 6.23. The van der Waals surface area contributed by atoms with Crippen molar-refractivity contribution >= 4 is 11.6 Å². The lowest BCUT2D eigenvalue weighted by Gasteiger charge is -2.23. The van der Waals surface area contributed by atoms with E-state index < -0.39 is 4.92 Å². The first-order chi connectivity index (χ1) is 11.8. The SMILES string of the molecule is COc1ccc([C@@H](NC(=O)c2ccc([N+](=O)[O-])c(C)c2)C(C)C)cc1. The summed E-state index contributed by atoms with van der Waals surface area (Å²) < 4.78 is 5.16. The summed E-state index contributed by atoms with van der Waals surface area (Å²) in [7, 11) is 1.60. The maximum Gasteiger partial charge on any atom is 0.272 e. The fourth-order valence-electron chi connectivity index (χ4n) is 2.67. The van der Waals surface area contributed by atoms with Crippen LogP contribution in [0, 0.1) is 23.0 Å². The molecular formula is C19H22N2O4. The predicted molar refractivity (Wildman–Crippen MR) is 95.9 cm³/mol. The number of nitrogens with zero attached hydrogens (tertiary/aromatic N) is 1. The van der Waals surface area contributed by atoms with Crippen LogP contribution in [0.5, 0.6) is 5.75 Å². The number of amides is 1. The van der Waals surface area contributed by atoms with Gasteiger partial charge in [-0.2, -0.15) is 0 Å². The molecule has 1 N–H and O–H groups in total. The first kappa shape index (κ1) is 18.4. The van der Waals surface area contributed by atoms with Crippen LogP contribution in [0.4, 0.5) is 5.69 Å². The number of methoxy groups -OCH3 is 1. The van der Waals surface area contributed by atoms with Gasteiger partial charge in [-0.15, -0.1) is 0 Å². The average Bonchev–Trinajstić information content (AvgIpc) is 2.58. The fourth-order valence-corrected chi connectivity index (χ4v) is 2.67. The first-order valence-corrected chi connectivity index (χ1v) is 8.03. The number of hydrogen-bond acceptors (Lipinski definition) is 4. The van der Waals surface area contributed by atoms with Gasteiger partial charge in [0.05, 0.1) is 18.1 Å². The Morgan fingerprint density at radius 1 is 1.16 bits per heavy atom. The number of nitro benzene ring substituents is 1. The van der Waals surface area contributed by atoms with Crippen molar-refractivity contribution in [3.63, 3.8) is 0 Å². The number of aryl methyl sites for hydroxylation is 1. The number of nitro groups is 1. The van der Waals surface area contributed by atoms with Gasteiger partial charge in [-0.3, -0.25) is 14.9 Å². The Morgan fingerprint density at radius 3 is 2.28 bits per heavy atom. The van der Waals surface area contributed by atoms with Gasteiger partial charge in [-0.25, -0.2) is 0 Å². The molecule has 0 aliphatic rings. The number of rotatable bonds is 6. The van der Waals surface area contributed by atoms with E-state index in [9.17, 15) is 14.9 Å². The predicted octanol–water partition coefficient (Wildman–Crippen LogP) is 4.04. The summed E-state index contributed by atoms with van der Waals surface area (Å²) in [6.07, 6.45) is 0. The quantitative estimate of drug-likeness (QED) is 0.634. The maximum atomic E-state index is 12.6. The number of carbonyl (C=O) groups is 1. The minimum absolute atomic E-state index is 0.00659. The van der Waals surface area contributed by atoms with Gasteiger partial charge in [-0.05, 0) is 42.7 Å². The number of hydrogen-bond donors (Lipinski definition) is 1. The lowest BCUT2D eigenvalue weighted by Crippen LogP contribution is -2.31. The number of benzene rings is 2. The van der Waals surface area contributed by atoms with Gasteiger partial charge in [0, 0.05) is 17.2 Å². The number of nitrogens with one attached hydrogen (secondary N) is 1. The molecule has 0 saturated carbocycles. The Bertz CT molecular complexity index is 769. The van der Waals surface area contributed by atoms with Gasteiger partial charge in [0.2, 0.25) is 0 Å². The normalized spacial score (nSPS) is 11.9. The van der Waals surface area contributed by atoms with Crippen LogP contribution < -0.4 is 10.1 Å². The molecule has 6 nitrogen and oxygen atoms in total. The van der Waals surface area contributed by atoms with E-state index >= 15 is 0 Å². The van der Waals surface area contributed by atoms with Crippen LogP contribution in [0.1, 0.15) is 41.4 Å². The molecule has 0 aliphatic carbocycles. The van der Waals surface area contributed by atoms with Crippen molar-refractivity contribution in [1.29, 1.82) is 0 Å². The van der Waals surface area contributed by atoms with Gasteiger partial charge in [0.25, 0.3) is 11.6 Å². The summed E-state index contributed by atoms with van der Waals surface area (Å²) in [6, 6.07) is 11.8. The topological polar surface area (TPSA) is 81.5 Å². The highest BCUT2D eigenvalue weighted by atomic mass is 16.6. The molecule has 2 aromatic rings. The van der Waals surface area contributed by atoms with Crippen molar-refractivity contribution in [3.05, 3.63) is 69.3 Å². The fraction of sp³-hybridized carbons (Fsp3) is 0.316. The van der Waals surface area contributed by atoms with Crippen molar-refractivity contribution in [3.8, 4) is 5.75 Å². The number of carbonyl (C=O) groups excluding carboxylic acids is 1. The number of ether oxygens (including phenoxy) is 1. The summed E-state index contributed by atoms with van der Waals surface area (Å²) in [5, 5.41) is 13.9. The summed E-state index contributed by atoms with van der Waals surface area (Å²) in [5.74, 6) is 0.674. The minimum atomic E-state index is -0.453. The van der Waals surface area contributed by atoms with Crippen molar-refractivity contribution < 1.29 is 14.5 Å². The molecule has 2 rings (SSSR count). The van der Waals surface area contributed by atoms with Crippen molar-refractivity contribution in [2.24, 2.45) is 5.92 Å². The highest BCUT2D eigenvalue weighted by Gasteiger charge is 2.20. The Morgan fingerprint density at radius 2 is 1.80 bits per heavy atom. The smallest absolute Gasteiger partial charge is 0.272 e. The van der Waals surface area contributed by atoms with Crippen LogP contribution in [0.15, 0.2) is 42.5 Å². The zero-order valence-electron chi connectivity index (χ0n) is 14.8. The van der Waals surface area contributed by atoms with Crippen LogP contribution in [-0.4, -0.2) is 17.9 Å². The molecular weight excluding hydrogens is 320 g/mol. The van der Waals surface area contributed by atoms with E-state index in [-0.39, 0.29) is 23.6 Å². The van der Waals surface area contributed by atoms with Gasteiger partial charge >= 0.3 is 0 Å². The molecule has 0 fully saturated rings. The van der Waals surface area contributed by atoms with E-state index in [1.807, 2.05) is 38.1 Å². The van der Waals surface area contributed by atoms with Crippen LogP contribution >= 0.6 is 0 Å². The molecule has 25 heavy (non-hydrogen) atoms. The van der Waals surface area contributed by atoms with Crippen molar-refractivity contribution in [2.75, 3.05) is 7.11 Å². The maximum absolute atomic E-state index is 12.6.